The monoisotopic (exact) mass is 243 g/mol. The van der Waals surface area contributed by atoms with E-state index in [1.807, 2.05) is 19.9 Å². The van der Waals surface area contributed by atoms with E-state index in [1.165, 1.54) is 0 Å². The third-order valence-electron chi connectivity index (χ3n) is 2.22. The highest BCUT2D eigenvalue weighted by atomic mass is 32.2. The molecule has 0 saturated carbocycles. The summed E-state index contributed by atoms with van der Waals surface area (Å²) in [7, 11) is -3.40. The number of aliphatic hydroxyl groups is 1. The third kappa shape index (κ3) is 3.92. The van der Waals surface area contributed by atoms with Crippen LogP contribution in [0.25, 0.3) is 0 Å². The van der Waals surface area contributed by atoms with Crippen LogP contribution in [0.1, 0.15) is 37.1 Å². The molecular formula is C11H17NO3S. The van der Waals surface area contributed by atoms with Gasteiger partial charge in [-0.2, -0.15) is 4.72 Å². The van der Waals surface area contributed by atoms with Crippen LogP contribution in [0.15, 0.2) is 24.3 Å². The number of nitrogens with one attached hydrogen (secondary N) is 1. The van der Waals surface area contributed by atoms with Crippen LogP contribution >= 0.6 is 0 Å². The van der Waals surface area contributed by atoms with Gasteiger partial charge in [-0.05, 0) is 17.0 Å². The fourth-order valence-electron chi connectivity index (χ4n) is 1.36. The van der Waals surface area contributed by atoms with Gasteiger partial charge in [0.1, 0.15) is 6.23 Å². The zero-order valence-corrected chi connectivity index (χ0v) is 10.5. The molecule has 0 amide bonds. The van der Waals surface area contributed by atoms with Crippen molar-refractivity contribution in [2.75, 3.05) is 6.26 Å². The van der Waals surface area contributed by atoms with Crippen molar-refractivity contribution in [2.45, 2.75) is 26.0 Å². The van der Waals surface area contributed by atoms with Gasteiger partial charge in [0.15, 0.2) is 0 Å². The lowest BCUT2D eigenvalue weighted by Gasteiger charge is -2.13. The molecular weight excluding hydrogens is 226 g/mol. The normalized spacial score (nSPS) is 14.1. The van der Waals surface area contributed by atoms with Gasteiger partial charge in [-0.25, -0.2) is 8.42 Å². The lowest BCUT2D eigenvalue weighted by atomic mass is 10.0. The molecule has 16 heavy (non-hydrogen) atoms. The molecule has 0 spiro atoms. The molecule has 90 valence electrons. The van der Waals surface area contributed by atoms with Crippen molar-refractivity contribution >= 4 is 10.0 Å². The summed E-state index contributed by atoms with van der Waals surface area (Å²) in [6.07, 6.45) is -0.170. The van der Waals surface area contributed by atoms with Crippen LogP contribution in [0.5, 0.6) is 0 Å². The van der Waals surface area contributed by atoms with Gasteiger partial charge in [-0.3, -0.25) is 0 Å². The summed E-state index contributed by atoms with van der Waals surface area (Å²) in [6, 6.07) is 7.24. The van der Waals surface area contributed by atoms with Crippen molar-refractivity contribution < 1.29 is 13.5 Å². The lowest BCUT2D eigenvalue weighted by molar-refractivity contribution is 0.166. The van der Waals surface area contributed by atoms with Gasteiger partial charge < -0.3 is 5.11 Å². The highest BCUT2D eigenvalue weighted by Gasteiger charge is 2.13. The molecule has 1 aromatic rings. The molecule has 5 heteroatoms. The Balaban J connectivity index is 2.92. The Morgan fingerprint density at radius 2 is 1.81 bits per heavy atom. The predicted octanol–water partition coefficient (Wildman–Crippen LogP) is 1.35. The highest BCUT2D eigenvalue weighted by molar-refractivity contribution is 7.88. The van der Waals surface area contributed by atoms with E-state index in [0.29, 0.717) is 11.5 Å². The first-order valence-corrected chi connectivity index (χ1v) is 6.94. The third-order valence-corrected chi connectivity index (χ3v) is 2.87. The first-order valence-electron chi connectivity index (χ1n) is 5.05. The largest absolute Gasteiger partial charge is 0.373 e. The van der Waals surface area contributed by atoms with E-state index in [9.17, 15) is 13.5 Å². The van der Waals surface area contributed by atoms with Crippen molar-refractivity contribution in [3.63, 3.8) is 0 Å². The second-order valence-electron chi connectivity index (χ2n) is 4.12. The Morgan fingerprint density at radius 3 is 2.31 bits per heavy atom. The van der Waals surface area contributed by atoms with Gasteiger partial charge in [-0.1, -0.05) is 38.1 Å². The van der Waals surface area contributed by atoms with E-state index in [2.05, 4.69) is 4.72 Å². The van der Waals surface area contributed by atoms with Crippen LogP contribution in [-0.2, 0) is 10.0 Å². The average molecular weight is 243 g/mol. The fraction of sp³-hybridized carbons (Fsp3) is 0.455. The predicted molar refractivity (Wildman–Crippen MR) is 63.5 cm³/mol. The Morgan fingerprint density at radius 1 is 1.25 bits per heavy atom. The summed E-state index contributed by atoms with van der Waals surface area (Å²) in [5, 5.41) is 9.67. The summed E-state index contributed by atoms with van der Waals surface area (Å²) >= 11 is 0. The first kappa shape index (κ1) is 13.2. The topological polar surface area (TPSA) is 66.4 Å². The van der Waals surface area contributed by atoms with Crippen LogP contribution in [-0.4, -0.2) is 19.8 Å². The number of sulfonamides is 1. The average Bonchev–Trinajstić information content (AvgIpc) is 2.15. The lowest BCUT2D eigenvalue weighted by Crippen LogP contribution is -2.27. The van der Waals surface area contributed by atoms with E-state index < -0.39 is 16.3 Å². The Kier molecular flexibility index (Phi) is 4.07. The summed E-state index contributed by atoms with van der Waals surface area (Å²) in [5.41, 5.74) is 1.61. The molecule has 1 rings (SSSR count). The van der Waals surface area contributed by atoms with Crippen LogP contribution < -0.4 is 4.72 Å². The van der Waals surface area contributed by atoms with Crippen LogP contribution in [0.2, 0.25) is 0 Å². The van der Waals surface area contributed by atoms with Gasteiger partial charge in [0.05, 0.1) is 6.26 Å². The van der Waals surface area contributed by atoms with Gasteiger partial charge in [0, 0.05) is 0 Å². The minimum atomic E-state index is -3.40. The summed E-state index contributed by atoms with van der Waals surface area (Å²) in [6.45, 7) is 4.07. The smallest absolute Gasteiger partial charge is 0.211 e. The molecule has 0 radical (unpaired) electrons. The number of aliphatic hydroxyl groups excluding tert-OH is 1. The summed E-state index contributed by atoms with van der Waals surface area (Å²) < 4.78 is 24.1. The van der Waals surface area contributed by atoms with Crippen molar-refractivity contribution in [3.05, 3.63) is 35.4 Å². The zero-order valence-electron chi connectivity index (χ0n) is 9.64. The molecule has 4 nitrogen and oxygen atoms in total. The quantitative estimate of drug-likeness (QED) is 0.784. The van der Waals surface area contributed by atoms with E-state index in [0.717, 1.165) is 11.8 Å². The van der Waals surface area contributed by atoms with Crippen molar-refractivity contribution in [1.29, 1.82) is 0 Å². The Hall–Kier alpha value is -0.910. The molecule has 0 aliphatic rings. The van der Waals surface area contributed by atoms with Gasteiger partial charge in [0.25, 0.3) is 0 Å². The molecule has 1 unspecified atom stereocenters. The minimum absolute atomic E-state index is 0.338. The first-order chi connectivity index (χ1) is 7.29. The van der Waals surface area contributed by atoms with Crippen LogP contribution in [0.4, 0.5) is 0 Å². The molecule has 0 aliphatic heterocycles. The molecule has 0 heterocycles. The molecule has 0 bridgehead atoms. The molecule has 0 aliphatic carbocycles. The molecule has 0 aromatic heterocycles. The second-order valence-corrected chi connectivity index (χ2v) is 5.90. The molecule has 0 fully saturated rings. The maximum Gasteiger partial charge on any atom is 0.211 e. The molecule has 1 atom stereocenters. The molecule has 2 N–H and O–H groups in total. The molecule has 0 saturated heterocycles. The van der Waals surface area contributed by atoms with E-state index in [1.54, 1.807) is 18.2 Å². The van der Waals surface area contributed by atoms with E-state index in [-0.39, 0.29) is 0 Å². The van der Waals surface area contributed by atoms with Gasteiger partial charge in [-0.15, -0.1) is 0 Å². The highest BCUT2D eigenvalue weighted by Crippen LogP contribution is 2.19. The van der Waals surface area contributed by atoms with E-state index in [4.69, 9.17) is 0 Å². The van der Waals surface area contributed by atoms with Crippen molar-refractivity contribution in [3.8, 4) is 0 Å². The van der Waals surface area contributed by atoms with Crippen molar-refractivity contribution in [1.82, 2.24) is 4.72 Å². The SMILES string of the molecule is CC(C)c1cccc(C(O)NS(C)(=O)=O)c1. The summed E-state index contributed by atoms with van der Waals surface area (Å²) in [5.74, 6) is 0.338. The number of benzene rings is 1. The van der Waals surface area contributed by atoms with Gasteiger partial charge in [0.2, 0.25) is 10.0 Å². The minimum Gasteiger partial charge on any atom is -0.373 e. The summed E-state index contributed by atoms with van der Waals surface area (Å²) in [4.78, 5) is 0. The number of hydrogen-bond donors (Lipinski definition) is 2. The van der Waals surface area contributed by atoms with Crippen molar-refractivity contribution in [2.24, 2.45) is 0 Å². The Bertz CT molecular complexity index is 454. The molecule has 1 aromatic carbocycles. The Labute approximate surface area is 96.4 Å². The zero-order chi connectivity index (χ0) is 12.3. The van der Waals surface area contributed by atoms with Crippen LogP contribution in [0, 0.1) is 0 Å². The number of rotatable bonds is 4. The second kappa shape index (κ2) is 4.95. The maximum atomic E-state index is 11.0. The van der Waals surface area contributed by atoms with Crippen LogP contribution in [0.3, 0.4) is 0 Å². The van der Waals surface area contributed by atoms with E-state index >= 15 is 0 Å². The fourth-order valence-corrected chi connectivity index (χ4v) is 1.90. The maximum absolute atomic E-state index is 11.0. The standard InChI is InChI=1S/C11H17NO3S/c1-8(2)9-5-4-6-10(7-9)11(13)12-16(3,14)15/h4-8,11-13H,1-3H3. The number of hydrogen-bond acceptors (Lipinski definition) is 3. The van der Waals surface area contributed by atoms with Gasteiger partial charge >= 0.3 is 0 Å².